The van der Waals surface area contributed by atoms with Crippen molar-refractivity contribution in [2.45, 2.75) is 6.54 Å². The minimum atomic E-state index is 0.752. The van der Waals surface area contributed by atoms with Gasteiger partial charge >= 0.3 is 0 Å². The van der Waals surface area contributed by atoms with Crippen molar-refractivity contribution in [1.82, 2.24) is 5.32 Å². The van der Waals surface area contributed by atoms with Crippen LogP contribution in [0.5, 0.6) is 5.75 Å². The average Bonchev–Trinajstić information content (AvgIpc) is 2.60. The molecular formula is C9H15NO2S. The molecule has 1 rings (SSSR count). The summed E-state index contributed by atoms with van der Waals surface area (Å²) in [5, 5.41) is 5.28. The van der Waals surface area contributed by atoms with Gasteiger partial charge in [0.1, 0.15) is 5.75 Å². The van der Waals surface area contributed by atoms with Gasteiger partial charge in [-0.05, 0) is 6.07 Å². The summed E-state index contributed by atoms with van der Waals surface area (Å²) in [5.41, 5.74) is 0. The molecule has 0 aliphatic rings. The van der Waals surface area contributed by atoms with Gasteiger partial charge in [0.15, 0.2) is 0 Å². The van der Waals surface area contributed by atoms with Gasteiger partial charge in [0, 0.05) is 30.5 Å². The van der Waals surface area contributed by atoms with Crippen LogP contribution in [0.2, 0.25) is 0 Å². The molecule has 1 N–H and O–H groups in total. The molecule has 4 heteroatoms. The first-order chi connectivity index (χ1) is 6.36. The Morgan fingerprint density at radius 1 is 1.46 bits per heavy atom. The van der Waals surface area contributed by atoms with E-state index < -0.39 is 0 Å². The lowest BCUT2D eigenvalue weighted by atomic mass is 10.4. The van der Waals surface area contributed by atoms with Gasteiger partial charge in [0.25, 0.3) is 0 Å². The van der Waals surface area contributed by atoms with Gasteiger partial charge < -0.3 is 14.8 Å². The Hall–Kier alpha value is -0.580. The highest BCUT2D eigenvalue weighted by Crippen LogP contribution is 2.20. The van der Waals surface area contributed by atoms with Crippen molar-refractivity contribution >= 4 is 11.3 Å². The molecule has 0 fully saturated rings. The van der Waals surface area contributed by atoms with Crippen molar-refractivity contribution in [3.05, 3.63) is 16.3 Å². The number of nitrogens with one attached hydrogen (secondary N) is 1. The van der Waals surface area contributed by atoms with E-state index in [-0.39, 0.29) is 0 Å². The number of ether oxygens (including phenoxy) is 2. The van der Waals surface area contributed by atoms with Crippen molar-refractivity contribution < 1.29 is 9.47 Å². The smallest absolute Gasteiger partial charge is 0.129 e. The fraction of sp³-hybridized carbons (Fsp3) is 0.556. The van der Waals surface area contributed by atoms with Crippen LogP contribution in [0.15, 0.2) is 11.4 Å². The first-order valence-corrected chi connectivity index (χ1v) is 5.06. The van der Waals surface area contributed by atoms with E-state index in [1.807, 2.05) is 11.4 Å². The topological polar surface area (TPSA) is 30.5 Å². The maximum atomic E-state index is 5.08. The first kappa shape index (κ1) is 10.5. The van der Waals surface area contributed by atoms with E-state index in [0.717, 1.165) is 25.4 Å². The molecule has 0 atom stereocenters. The summed E-state index contributed by atoms with van der Waals surface area (Å²) in [7, 11) is 3.39. The molecule has 74 valence electrons. The highest BCUT2D eigenvalue weighted by atomic mass is 32.1. The zero-order valence-corrected chi connectivity index (χ0v) is 8.82. The summed E-state index contributed by atoms with van der Waals surface area (Å²) in [4.78, 5) is 1.29. The summed E-state index contributed by atoms with van der Waals surface area (Å²) >= 11 is 1.70. The second-order valence-electron chi connectivity index (χ2n) is 2.62. The van der Waals surface area contributed by atoms with E-state index in [9.17, 15) is 0 Å². The van der Waals surface area contributed by atoms with Crippen LogP contribution >= 0.6 is 11.3 Å². The van der Waals surface area contributed by atoms with Crippen LogP contribution in [0.3, 0.4) is 0 Å². The minimum Gasteiger partial charge on any atom is -0.496 e. The zero-order valence-electron chi connectivity index (χ0n) is 8.00. The predicted molar refractivity (Wildman–Crippen MR) is 54.5 cm³/mol. The van der Waals surface area contributed by atoms with Gasteiger partial charge in [-0.25, -0.2) is 0 Å². The molecule has 0 saturated carbocycles. The van der Waals surface area contributed by atoms with Gasteiger partial charge in [-0.15, -0.1) is 11.3 Å². The van der Waals surface area contributed by atoms with Gasteiger partial charge in [-0.1, -0.05) is 0 Å². The molecule has 0 amide bonds. The van der Waals surface area contributed by atoms with Crippen LogP contribution in [0.25, 0.3) is 0 Å². The Balaban J connectivity index is 2.20. The molecule has 1 heterocycles. The fourth-order valence-corrected chi connectivity index (χ4v) is 1.75. The molecule has 0 aliphatic heterocycles. The number of hydrogen-bond donors (Lipinski definition) is 1. The van der Waals surface area contributed by atoms with E-state index in [2.05, 4.69) is 5.32 Å². The average molecular weight is 201 g/mol. The number of hydrogen-bond acceptors (Lipinski definition) is 4. The fourth-order valence-electron chi connectivity index (χ4n) is 0.946. The normalized spacial score (nSPS) is 10.3. The molecule has 0 spiro atoms. The number of thiophene rings is 1. The van der Waals surface area contributed by atoms with E-state index in [1.54, 1.807) is 25.6 Å². The van der Waals surface area contributed by atoms with Gasteiger partial charge in [0.2, 0.25) is 0 Å². The van der Waals surface area contributed by atoms with E-state index in [4.69, 9.17) is 9.47 Å². The Labute approximate surface area is 82.7 Å². The van der Waals surface area contributed by atoms with Crippen molar-refractivity contribution in [2.75, 3.05) is 27.4 Å². The Bertz CT molecular complexity index is 237. The van der Waals surface area contributed by atoms with Crippen LogP contribution < -0.4 is 10.1 Å². The van der Waals surface area contributed by atoms with Gasteiger partial charge in [-0.3, -0.25) is 0 Å². The number of rotatable bonds is 6. The maximum absolute atomic E-state index is 5.08. The third-order valence-corrected chi connectivity index (χ3v) is 2.56. The molecule has 0 aromatic carbocycles. The standard InChI is InChI=1S/C9H15NO2S/c1-11-4-3-10-6-9-5-8(12-2)7-13-9/h5,7,10H,3-4,6H2,1-2H3. The Morgan fingerprint density at radius 2 is 2.31 bits per heavy atom. The van der Waals surface area contributed by atoms with Crippen molar-refractivity contribution in [3.8, 4) is 5.75 Å². The molecule has 0 radical (unpaired) electrons. The van der Waals surface area contributed by atoms with E-state index in [1.165, 1.54) is 4.88 Å². The monoisotopic (exact) mass is 201 g/mol. The van der Waals surface area contributed by atoms with Crippen LogP contribution in [-0.4, -0.2) is 27.4 Å². The quantitative estimate of drug-likeness (QED) is 0.707. The van der Waals surface area contributed by atoms with Crippen molar-refractivity contribution in [3.63, 3.8) is 0 Å². The predicted octanol–water partition coefficient (Wildman–Crippen LogP) is 1.49. The van der Waals surface area contributed by atoms with Gasteiger partial charge in [-0.2, -0.15) is 0 Å². The molecule has 0 bridgehead atoms. The second-order valence-corrected chi connectivity index (χ2v) is 3.62. The third-order valence-electron chi connectivity index (χ3n) is 1.65. The summed E-state index contributed by atoms with van der Waals surface area (Å²) < 4.78 is 10.0. The maximum Gasteiger partial charge on any atom is 0.129 e. The molecule has 3 nitrogen and oxygen atoms in total. The summed E-state index contributed by atoms with van der Waals surface area (Å²) in [6.45, 7) is 2.52. The Morgan fingerprint density at radius 3 is 2.92 bits per heavy atom. The SMILES string of the molecule is COCCNCc1cc(OC)cs1. The van der Waals surface area contributed by atoms with Crippen molar-refractivity contribution in [1.29, 1.82) is 0 Å². The summed E-state index contributed by atoms with van der Waals surface area (Å²) in [6.07, 6.45) is 0. The molecule has 1 aromatic heterocycles. The molecule has 13 heavy (non-hydrogen) atoms. The minimum absolute atomic E-state index is 0.752. The zero-order chi connectivity index (χ0) is 9.52. The van der Waals surface area contributed by atoms with Crippen LogP contribution in [0.1, 0.15) is 4.88 Å². The van der Waals surface area contributed by atoms with Gasteiger partial charge in [0.05, 0.1) is 13.7 Å². The van der Waals surface area contributed by atoms with E-state index >= 15 is 0 Å². The second kappa shape index (κ2) is 5.96. The Kier molecular flexibility index (Phi) is 4.82. The van der Waals surface area contributed by atoms with Crippen molar-refractivity contribution in [2.24, 2.45) is 0 Å². The lowest BCUT2D eigenvalue weighted by Gasteiger charge is -2.00. The van der Waals surface area contributed by atoms with Crippen LogP contribution in [0.4, 0.5) is 0 Å². The first-order valence-electron chi connectivity index (χ1n) is 4.18. The lowest BCUT2D eigenvalue weighted by Crippen LogP contribution is -2.17. The summed E-state index contributed by atoms with van der Waals surface area (Å²) in [5.74, 6) is 0.938. The molecule has 0 saturated heterocycles. The molecule has 0 unspecified atom stereocenters. The highest BCUT2D eigenvalue weighted by molar-refractivity contribution is 7.10. The van der Waals surface area contributed by atoms with E-state index in [0.29, 0.717) is 0 Å². The molecule has 0 aliphatic carbocycles. The largest absolute Gasteiger partial charge is 0.496 e. The third kappa shape index (κ3) is 3.76. The summed E-state index contributed by atoms with van der Waals surface area (Å²) in [6, 6.07) is 2.05. The molecular weight excluding hydrogens is 186 g/mol. The van der Waals surface area contributed by atoms with Crippen LogP contribution in [0, 0.1) is 0 Å². The molecule has 1 aromatic rings. The van der Waals surface area contributed by atoms with Crippen LogP contribution in [-0.2, 0) is 11.3 Å². The highest BCUT2D eigenvalue weighted by Gasteiger charge is 1.98. The number of methoxy groups -OCH3 is 2. The lowest BCUT2D eigenvalue weighted by molar-refractivity contribution is 0.199.